The summed E-state index contributed by atoms with van der Waals surface area (Å²) in [5.74, 6) is -0.0396. The van der Waals surface area contributed by atoms with Gasteiger partial charge in [0.05, 0.1) is 14.2 Å². The van der Waals surface area contributed by atoms with Crippen molar-refractivity contribution in [2.24, 2.45) is 0 Å². The minimum atomic E-state index is -0.517. The predicted molar refractivity (Wildman–Crippen MR) is 87.3 cm³/mol. The van der Waals surface area contributed by atoms with E-state index in [-0.39, 0.29) is 17.7 Å². The molecular formula is C17H24N2O5. The molecule has 0 bridgehead atoms. The summed E-state index contributed by atoms with van der Waals surface area (Å²) in [6, 6.07) is 3.42. The molecular weight excluding hydrogens is 312 g/mol. The van der Waals surface area contributed by atoms with E-state index in [0.29, 0.717) is 19.0 Å². The zero-order valence-electron chi connectivity index (χ0n) is 14.8. The summed E-state index contributed by atoms with van der Waals surface area (Å²) in [6.07, 6.45) is 0.470. The second-order valence-corrected chi connectivity index (χ2v) is 6.70. The molecule has 1 aromatic rings. The van der Waals surface area contributed by atoms with Crippen LogP contribution in [0.4, 0.5) is 4.79 Å². The lowest BCUT2D eigenvalue weighted by atomic mass is 9.99. The second-order valence-electron chi connectivity index (χ2n) is 6.70. The van der Waals surface area contributed by atoms with Crippen LogP contribution in [0.3, 0.4) is 0 Å². The van der Waals surface area contributed by atoms with Gasteiger partial charge in [0.25, 0.3) is 0 Å². The lowest BCUT2D eigenvalue weighted by Crippen LogP contribution is -2.35. The molecule has 1 atom stereocenters. The van der Waals surface area contributed by atoms with Crippen molar-refractivity contribution in [2.45, 2.75) is 38.7 Å². The molecule has 1 amide bonds. The van der Waals surface area contributed by atoms with Crippen LogP contribution in [-0.4, -0.2) is 54.9 Å². The van der Waals surface area contributed by atoms with Crippen LogP contribution in [0.5, 0.6) is 5.88 Å². The zero-order chi connectivity index (χ0) is 17.9. The third-order valence-corrected chi connectivity index (χ3v) is 3.76. The van der Waals surface area contributed by atoms with Crippen molar-refractivity contribution in [1.82, 2.24) is 9.88 Å². The van der Waals surface area contributed by atoms with Gasteiger partial charge in [-0.1, -0.05) is 6.07 Å². The maximum atomic E-state index is 12.2. The van der Waals surface area contributed by atoms with Gasteiger partial charge in [-0.05, 0) is 33.3 Å². The molecule has 0 N–H and O–H groups in total. The fourth-order valence-electron chi connectivity index (χ4n) is 2.65. The average Bonchev–Trinajstić information content (AvgIpc) is 3.01. The van der Waals surface area contributed by atoms with Gasteiger partial charge in [0.2, 0.25) is 5.88 Å². The number of carbonyl (C=O) groups excluding carboxylic acids is 2. The van der Waals surface area contributed by atoms with E-state index >= 15 is 0 Å². The maximum absolute atomic E-state index is 12.2. The number of methoxy groups -OCH3 is 2. The van der Waals surface area contributed by atoms with E-state index in [9.17, 15) is 9.59 Å². The Balaban J connectivity index is 2.13. The molecule has 1 aliphatic heterocycles. The molecule has 1 fully saturated rings. The van der Waals surface area contributed by atoms with E-state index < -0.39 is 11.6 Å². The Hall–Kier alpha value is -2.31. The third-order valence-electron chi connectivity index (χ3n) is 3.76. The Kier molecular flexibility index (Phi) is 5.31. The van der Waals surface area contributed by atoms with E-state index in [0.717, 1.165) is 12.0 Å². The number of aromatic nitrogens is 1. The van der Waals surface area contributed by atoms with Crippen LogP contribution in [-0.2, 0) is 9.47 Å². The highest BCUT2D eigenvalue weighted by Crippen LogP contribution is 2.33. The van der Waals surface area contributed by atoms with Crippen LogP contribution >= 0.6 is 0 Å². The van der Waals surface area contributed by atoms with Crippen molar-refractivity contribution in [3.8, 4) is 5.88 Å². The molecule has 7 nitrogen and oxygen atoms in total. The summed E-state index contributed by atoms with van der Waals surface area (Å²) in [4.78, 5) is 29.6. The van der Waals surface area contributed by atoms with Crippen molar-refractivity contribution in [3.05, 3.63) is 23.4 Å². The van der Waals surface area contributed by atoms with Gasteiger partial charge in [0.15, 0.2) is 5.69 Å². The zero-order valence-corrected chi connectivity index (χ0v) is 14.8. The monoisotopic (exact) mass is 336 g/mol. The molecule has 1 unspecified atom stereocenters. The lowest BCUT2D eigenvalue weighted by molar-refractivity contribution is 0.0292. The van der Waals surface area contributed by atoms with Gasteiger partial charge in [-0.15, -0.1) is 0 Å². The highest BCUT2D eigenvalue weighted by atomic mass is 16.6. The Morgan fingerprint density at radius 1 is 1.25 bits per heavy atom. The summed E-state index contributed by atoms with van der Waals surface area (Å²) in [5.41, 5.74) is 0.549. The summed E-state index contributed by atoms with van der Waals surface area (Å²) >= 11 is 0. The second kappa shape index (κ2) is 7.07. The number of amides is 1. The molecule has 1 aliphatic rings. The molecule has 0 radical (unpaired) electrons. The number of nitrogens with zero attached hydrogens (tertiary/aromatic N) is 2. The van der Waals surface area contributed by atoms with Gasteiger partial charge in [0.1, 0.15) is 5.60 Å². The number of likely N-dealkylation sites (tertiary alicyclic amines) is 1. The quantitative estimate of drug-likeness (QED) is 0.790. The molecule has 1 saturated heterocycles. The summed E-state index contributed by atoms with van der Waals surface area (Å²) in [5, 5.41) is 0. The van der Waals surface area contributed by atoms with Crippen molar-refractivity contribution >= 4 is 12.1 Å². The summed E-state index contributed by atoms with van der Waals surface area (Å²) < 4.78 is 15.4. The van der Waals surface area contributed by atoms with Crippen LogP contribution < -0.4 is 4.74 Å². The Morgan fingerprint density at radius 3 is 2.54 bits per heavy atom. The lowest BCUT2D eigenvalue weighted by Gasteiger charge is -2.24. The number of esters is 1. The first-order chi connectivity index (χ1) is 11.2. The van der Waals surface area contributed by atoms with E-state index in [1.807, 2.05) is 20.8 Å². The highest BCUT2D eigenvalue weighted by molar-refractivity contribution is 5.87. The van der Waals surface area contributed by atoms with Crippen LogP contribution in [0.15, 0.2) is 12.1 Å². The molecule has 7 heteroatoms. The molecule has 0 aromatic carbocycles. The van der Waals surface area contributed by atoms with Crippen LogP contribution in [0.1, 0.15) is 49.2 Å². The molecule has 0 spiro atoms. The van der Waals surface area contributed by atoms with E-state index in [2.05, 4.69) is 9.72 Å². The van der Waals surface area contributed by atoms with E-state index in [1.165, 1.54) is 14.2 Å². The summed E-state index contributed by atoms with van der Waals surface area (Å²) in [7, 11) is 2.81. The molecule has 24 heavy (non-hydrogen) atoms. The largest absolute Gasteiger partial charge is 0.481 e. The smallest absolute Gasteiger partial charge is 0.410 e. The average molecular weight is 336 g/mol. The number of ether oxygens (including phenoxy) is 3. The van der Waals surface area contributed by atoms with Crippen molar-refractivity contribution in [1.29, 1.82) is 0 Å². The van der Waals surface area contributed by atoms with Crippen LogP contribution in [0.2, 0.25) is 0 Å². The minimum absolute atomic E-state index is 0.0895. The molecule has 2 heterocycles. The minimum Gasteiger partial charge on any atom is -0.481 e. The summed E-state index contributed by atoms with van der Waals surface area (Å²) in [6.45, 7) is 6.68. The Morgan fingerprint density at radius 2 is 1.96 bits per heavy atom. The molecule has 0 saturated carbocycles. The fourth-order valence-corrected chi connectivity index (χ4v) is 2.65. The first-order valence-corrected chi connectivity index (χ1v) is 7.86. The topological polar surface area (TPSA) is 78.0 Å². The maximum Gasteiger partial charge on any atom is 0.410 e. The van der Waals surface area contributed by atoms with Gasteiger partial charge in [-0.25, -0.2) is 14.6 Å². The Bertz CT molecular complexity index is 624. The van der Waals surface area contributed by atoms with E-state index in [1.54, 1.807) is 17.0 Å². The number of hydrogen-bond donors (Lipinski definition) is 0. The molecule has 132 valence electrons. The standard InChI is InChI=1S/C17H24N2O5/c1-17(2,3)24-16(21)19-9-8-11(10-19)12-6-7-13(15(20)23-5)18-14(12)22-4/h6-7,11H,8-10H2,1-5H3. The number of carbonyl (C=O) groups is 2. The SMILES string of the molecule is COC(=O)c1ccc(C2CCN(C(=O)OC(C)(C)C)C2)c(OC)n1. The molecule has 0 aliphatic carbocycles. The van der Waals surface area contributed by atoms with Gasteiger partial charge >= 0.3 is 12.1 Å². The van der Waals surface area contributed by atoms with Crippen LogP contribution in [0, 0.1) is 0 Å². The number of hydrogen-bond acceptors (Lipinski definition) is 6. The van der Waals surface area contributed by atoms with Gasteiger partial charge in [0, 0.05) is 24.6 Å². The first-order valence-electron chi connectivity index (χ1n) is 7.86. The molecule has 2 rings (SSSR count). The van der Waals surface area contributed by atoms with E-state index in [4.69, 9.17) is 9.47 Å². The van der Waals surface area contributed by atoms with Crippen molar-refractivity contribution in [3.63, 3.8) is 0 Å². The van der Waals surface area contributed by atoms with Gasteiger partial charge in [-0.2, -0.15) is 0 Å². The normalized spacial score (nSPS) is 17.5. The predicted octanol–water partition coefficient (Wildman–Crippen LogP) is 2.60. The van der Waals surface area contributed by atoms with Gasteiger partial charge < -0.3 is 19.1 Å². The van der Waals surface area contributed by atoms with Crippen LogP contribution in [0.25, 0.3) is 0 Å². The molecule has 1 aromatic heterocycles. The van der Waals surface area contributed by atoms with Crippen molar-refractivity contribution < 1.29 is 23.8 Å². The first kappa shape index (κ1) is 18.0. The number of pyridine rings is 1. The third kappa shape index (κ3) is 4.15. The van der Waals surface area contributed by atoms with Crippen molar-refractivity contribution in [2.75, 3.05) is 27.3 Å². The number of rotatable bonds is 3. The highest BCUT2D eigenvalue weighted by Gasteiger charge is 2.32. The Labute approximate surface area is 141 Å². The van der Waals surface area contributed by atoms with Gasteiger partial charge in [-0.3, -0.25) is 0 Å². The fraction of sp³-hybridized carbons (Fsp3) is 0.588.